The van der Waals surface area contributed by atoms with E-state index in [2.05, 4.69) is 9.36 Å². The molecule has 1 aromatic heterocycles. The Morgan fingerprint density at radius 1 is 1.53 bits per heavy atom. The van der Waals surface area contributed by atoms with Gasteiger partial charge in [0.1, 0.15) is 22.6 Å². The molecule has 2 aromatic rings. The van der Waals surface area contributed by atoms with E-state index < -0.39 is 11.9 Å². The maximum atomic E-state index is 13.1. The Morgan fingerprint density at radius 3 is 2.89 bits per heavy atom. The normalized spacial score (nSPS) is 12.3. The van der Waals surface area contributed by atoms with E-state index in [1.807, 2.05) is 6.92 Å². The third-order valence-corrected chi connectivity index (χ3v) is 3.59. The zero-order valence-electron chi connectivity index (χ0n) is 10.3. The molecule has 6 heteroatoms. The van der Waals surface area contributed by atoms with Gasteiger partial charge in [-0.15, -0.1) is 0 Å². The molecule has 0 spiro atoms. The fraction of sp³-hybridized carbons (Fsp3) is 0.308. The highest BCUT2D eigenvalue weighted by Gasteiger charge is 2.24. The summed E-state index contributed by atoms with van der Waals surface area (Å²) in [5, 5.41) is 9.75. The number of aryl methyl sites for hydroxylation is 1. The van der Waals surface area contributed by atoms with Crippen LogP contribution in [0.4, 0.5) is 4.39 Å². The zero-order valence-corrected chi connectivity index (χ0v) is 11.2. The molecule has 0 bridgehead atoms. The largest absolute Gasteiger partial charge is 0.481 e. The SMILES string of the molecule is CCc1nsc(C(Cc2cccc(F)c2)C(=O)O)n1. The molecule has 2 rings (SSSR count). The number of aliphatic carboxylic acids is 1. The smallest absolute Gasteiger partial charge is 0.313 e. The standard InChI is InChI=1S/C13H13FN2O2S/c1-2-11-15-12(19-16-11)10(13(17)18)7-8-4-3-5-9(14)6-8/h3-6,10H,2,7H2,1H3,(H,17,18). The Labute approximate surface area is 114 Å². The van der Waals surface area contributed by atoms with Crippen LogP contribution < -0.4 is 0 Å². The van der Waals surface area contributed by atoms with Gasteiger partial charge in [-0.3, -0.25) is 4.79 Å². The van der Waals surface area contributed by atoms with Crippen molar-refractivity contribution < 1.29 is 14.3 Å². The lowest BCUT2D eigenvalue weighted by Gasteiger charge is -2.08. The van der Waals surface area contributed by atoms with Crippen LogP contribution in [0.3, 0.4) is 0 Å². The quantitative estimate of drug-likeness (QED) is 0.914. The molecule has 0 aliphatic heterocycles. The second-order valence-electron chi connectivity index (χ2n) is 4.13. The second kappa shape index (κ2) is 5.88. The lowest BCUT2D eigenvalue weighted by Crippen LogP contribution is -2.14. The molecule has 0 amide bonds. The third-order valence-electron chi connectivity index (χ3n) is 2.73. The van der Waals surface area contributed by atoms with Gasteiger partial charge in [-0.1, -0.05) is 19.1 Å². The first-order chi connectivity index (χ1) is 9.10. The molecular weight excluding hydrogens is 267 g/mol. The van der Waals surface area contributed by atoms with E-state index in [9.17, 15) is 14.3 Å². The van der Waals surface area contributed by atoms with Gasteiger partial charge in [0, 0.05) is 6.42 Å². The summed E-state index contributed by atoms with van der Waals surface area (Å²) in [6, 6.07) is 5.96. The van der Waals surface area contributed by atoms with Gasteiger partial charge in [0.2, 0.25) is 0 Å². The van der Waals surface area contributed by atoms with Crippen LogP contribution >= 0.6 is 11.5 Å². The second-order valence-corrected chi connectivity index (χ2v) is 4.91. The van der Waals surface area contributed by atoms with E-state index in [0.717, 1.165) is 11.5 Å². The van der Waals surface area contributed by atoms with Crippen LogP contribution in [0.15, 0.2) is 24.3 Å². The third kappa shape index (κ3) is 3.35. The first-order valence-electron chi connectivity index (χ1n) is 5.90. The van der Waals surface area contributed by atoms with Crippen molar-refractivity contribution in [3.63, 3.8) is 0 Å². The van der Waals surface area contributed by atoms with Crippen molar-refractivity contribution in [2.75, 3.05) is 0 Å². The van der Waals surface area contributed by atoms with Crippen molar-refractivity contribution in [2.45, 2.75) is 25.7 Å². The van der Waals surface area contributed by atoms with Crippen LogP contribution in [0.25, 0.3) is 0 Å². The molecule has 0 aliphatic rings. The van der Waals surface area contributed by atoms with E-state index in [-0.39, 0.29) is 12.2 Å². The summed E-state index contributed by atoms with van der Waals surface area (Å²) in [7, 11) is 0. The minimum atomic E-state index is -0.969. The Bertz CT molecular complexity index is 586. The fourth-order valence-electron chi connectivity index (χ4n) is 1.73. The molecule has 0 saturated heterocycles. The summed E-state index contributed by atoms with van der Waals surface area (Å²) < 4.78 is 17.2. The van der Waals surface area contributed by atoms with Crippen LogP contribution in [0.1, 0.15) is 29.2 Å². The molecular formula is C13H13FN2O2S. The van der Waals surface area contributed by atoms with E-state index in [4.69, 9.17) is 0 Å². The van der Waals surface area contributed by atoms with Crippen LogP contribution in [0.5, 0.6) is 0 Å². The van der Waals surface area contributed by atoms with Crippen LogP contribution in [0.2, 0.25) is 0 Å². The molecule has 1 unspecified atom stereocenters. The van der Waals surface area contributed by atoms with Crippen LogP contribution in [-0.4, -0.2) is 20.4 Å². The Morgan fingerprint density at radius 2 is 2.32 bits per heavy atom. The lowest BCUT2D eigenvalue weighted by atomic mass is 10.00. The van der Waals surface area contributed by atoms with Gasteiger partial charge in [-0.05, 0) is 35.6 Å². The van der Waals surface area contributed by atoms with Gasteiger partial charge in [0.15, 0.2) is 0 Å². The van der Waals surface area contributed by atoms with Gasteiger partial charge in [0.05, 0.1) is 0 Å². The number of aromatic nitrogens is 2. The number of carboxylic acids is 1. The summed E-state index contributed by atoms with van der Waals surface area (Å²) in [5.74, 6) is -1.47. The molecule has 1 atom stereocenters. The van der Waals surface area contributed by atoms with Crippen molar-refractivity contribution in [2.24, 2.45) is 0 Å². The van der Waals surface area contributed by atoms with Crippen LogP contribution in [0, 0.1) is 5.82 Å². The molecule has 0 aliphatic carbocycles. The summed E-state index contributed by atoms with van der Waals surface area (Å²) in [5.41, 5.74) is 0.639. The molecule has 1 aromatic carbocycles. The highest BCUT2D eigenvalue weighted by molar-refractivity contribution is 7.05. The maximum Gasteiger partial charge on any atom is 0.313 e. The number of benzene rings is 1. The highest BCUT2D eigenvalue weighted by atomic mass is 32.1. The summed E-state index contributed by atoms with van der Waals surface area (Å²) in [6.07, 6.45) is 0.883. The predicted octanol–water partition coefficient (Wildman–Crippen LogP) is 2.65. The van der Waals surface area contributed by atoms with Gasteiger partial charge in [-0.25, -0.2) is 9.37 Å². The van der Waals surface area contributed by atoms with E-state index in [0.29, 0.717) is 22.8 Å². The Hall–Kier alpha value is -1.82. The maximum absolute atomic E-state index is 13.1. The Kier molecular flexibility index (Phi) is 4.21. The number of nitrogens with zero attached hydrogens (tertiary/aromatic N) is 2. The summed E-state index contributed by atoms with van der Waals surface area (Å²) in [4.78, 5) is 15.5. The molecule has 1 N–H and O–H groups in total. The van der Waals surface area contributed by atoms with Crippen molar-refractivity contribution in [3.05, 3.63) is 46.5 Å². The van der Waals surface area contributed by atoms with E-state index >= 15 is 0 Å². The average Bonchev–Trinajstić information content (AvgIpc) is 2.84. The van der Waals surface area contributed by atoms with Gasteiger partial charge in [-0.2, -0.15) is 4.37 Å². The number of halogens is 1. The molecule has 1 heterocycles. The number of hydrogen-bond donors (Lipinski definition) is 1. The van der Waals surface area contributed by atoms with Gasteiger partial charge < -0.3 is 5.11 Å². The minimum Gasteiger partial charge on any atom is -0.481 e. The molecule has 0 radical (unpaired) electrons. The van der Waals surface area contributed by atoms with Gasteiger partial charge in [0.25, 0.3) is 0 Å². The molecule has 100 valence electrons. The zero-order chi connectivity index (χ0) is 13.8. The van der Waals surface area contributed by atoms with Crippen molar-refractivity contribution in [3.8, 4) is 0 Å². The molecule has 19 heavy (non-hydrogen) atoms. The first kappa shape index (κ1) is 13.6. The van der Waals surface area contributed by atoms with Crippen LogP contribution in [-0.2, 0) is 17.6 Å². The van der Waals surface area contributed by atoms with Crippen molar-refractivity contribution in [1.29, 1.82) is 0 Å². The Balaban J connectivity index is 2.23. The molecule has 0 saturated carbocycles. The van der Waals surface area contributed by atoms with E-state index in [1.165, 1.54) is 12.1 Å². The van der Waals surface area contributed by atoms with E-state index in [1.54, 1.807) is 12.1 Å². The fourth-order valence-corrected chi connectivity index (χ4v) is 2.56. The minimum absolute atomic E-state index is 0.214. The van der Waals surface area contributed by atoms with Gasteiger partial charge >= 0.3 is 5.97 Å². The summed E-state index contributed by atoms with van der Waals surface area (Å²) >= 11 is 1.10. The lowest BCUT2D eigenvalue weighted by molar-refractivity contribution is -0.138. The highest BCUT2D eigenvalue weighted by Crippen LogP contribution is 2.23. The summed E-state index contributed by atoms with van der Waals surface area (Å²) in [6.45, 7) is 1.91. The topological polar surface area (TPSA) is 63.1 Å². The van der Waals surface area contributed by atoms with Crippen molar-refractivity contribution >= 4 is 17.5 Å². The number of hydrogen-bond acceptors (Lipinski definition) is 4. The predicted molar refractivity (Wildman–Crippen MR) is 69.8 cm³/mol. The van der Waals surface area contributed by atoms with Crippen molar-refractivity contribution in [1.82, 2.24) is 9.36 Å². The molecule has 4 nitrogen and oxygen atoms in total. The average molecular weight is 280 g/mol. The molecule has 0 fully saturated rings. The first-order valence-corrected chi connectivity index (χ1v) is 6.67. The number of carboxylic acid groups (broad SMARTS) is 1. The number of carbonyl (C=O) groups is 1. The monoisotopic (exact) mass is 280 g/mol. The number of rotatable bonds is 5.